The second kappa shape index (κ2) is 6.83. The number of halogens is 1. The van der Waals surface area contributed by atoms with Crippen molar-refractivity contribution in [2.75, 3.05) is 6.54 Å². The molecule has 1 aliphatic carbocycles. The summed E-state index contributed by atoms with van der Waals surface area (Å²) >= 11 is 0. The molecule has 1 fully saturated rings. The van der Waals surface area contributed by atoms with Crippen LogP contribution in [0.15, 0.2) is 41.3 Å². The predicted octanol–water partition coefficient (Wildman–Crippen LogP) is 4.49. The zero-order chi connectivity index (χ0) is 16.3. The molecule has 0 radical (unpaired) electrons. The monoisotopic (exact) mass is 316 g/mol. The summed E-state index contributed by atoms with van der Waals surface area (Å²) in [6.45, 7) is 5.19. The van der Waals surface area contributed by atoms with Gasteiger partial charge < -0.3 is 5.32 Å². The Morgan fingerprint density at radius 2 is 1.91 bits per heavy atom. The van der Waals surface area contributed by atoms with Crippen LogP contribution in [0.4, 0.5) is 4.39 Å². The van der Waals surface area contributed by atoms with Crippen LogP contribution in [0.3, 0.4) is 0 Å². The van der Waals surface area contributed by atoms with Crippen LogP contribution in [0.5, 0.6) is 0 Å². The fourth-order valence-electron chi connectivity index (χ4n) is 3.69. The van der Waals surface area contributed by atoms with Crippen molar-refractivity contribution in [1.29, 1.82) is 0 Å². The van der Waals surface area contributed by atoms with Crippen LogP contribution >= 0.6 is 0 Å². The van der Waals surface area contributed by atoms with Crippen LogP contribution in [0, 0.1) is 5.82 Å². The maximum Gasteiger partial charge on any atom is 0.148 e. The second-order valence-corrected chi connectivity index (χ2v) is 6.74. The van der Waals surface area contributed by atoms with Crippen LogP contribution in [0.1, 0.15) is 57.6 Å². The topological polar surface area (TPSA) is 24.4 Å². The third-order valence-electron chi connectivity index (χ3n) is 5.28. The Bertz CT molecular complexity index is 587. The summed E-state index contributed by atoms with van der Waals surface area (Å²) in [5.74, 6) is -0.191. The van der Waals surface area contributed by atoms with E-state index in [1.165, 1.54) is 44.2 Å². The highest BCUT2D eigenvalue weighted by Crippen LogP contribution is 2.33. The second-order valence-electron chi connectivity index (χ2n) is 6.74. The average Bonchev–Trinajstić information content (AvgIpc) is 3.00. The van der Waals surface area contributed by atoms with E-state index >= 15 is 0 Å². The van der Waals surface area contributed by atoms with Crippen LogP contribution in [-0.4, -0.2) is 23.4 Å². The number of rotatable bonds is 5. The highest BCUT2D eigenvalue weighted by molar-refractivity contribution is 5.78. The molecule has 2 atom stereocenters. The first-order chi connectivity index (χ1) is 11.1. The molecule has 1 saturated carbocycles. The van der Waals surface area contributed by atoms with Crippen molar-refractivity contribution in [3.63, 3.8) is 0 Å². The molecule has 1 aliphatic heterocycles. The molecule has 3 rings (SSSR count). The molecule has 2 unspecified atom stereocenters. The first kappa shape index (κ1) is 16.2. The third-order valence-corrected chi connectivity index (χ3v) is 5.28. The number of quaternary nitrogens is 1. The molecular formula is C19H27FN3+. The Labute approximate surface area is 138 Å². The van der Waals surface area contributed by atoms with Crippen molar-refractivity contribution in [2.45, 2.75) is 58.0 Å². The van der Waals surface area contributed by atoms with Gasteiger partial charge in [-0.2, -0.15) is 4.59 Å². The lowest BCUT2D eigenvalue weighted by atomic mass is 9.95. The summed E-state index contributed by atoms with van der Waals surface area (Å²) in [5.41, 5.74) is 2.24. The summed E-state index contributed by atoms with van der Waals surface area (Å²) in [7, 11) is 0. The van der Waals surface area contributed by atoms with Gasteiger partial charge in [0.25, 0.3) is 0 Å². The van der Waals surface area contributed by atoms with Gasteiger partial charge in [0.15, 0.2) is 0 Å². The molecule has 2 aliphatic rings. The lowest BCUT2D eigenvalue weighted by Gasteiger charge is -2.31. The molecular weight excluding hydrogens is 289 g/mol. The SMILES string of the molecule is CC[N+]1(C(C)c2ccc(F)cc2)C=C(NC2CCCCC2)C=N1. The van der Waals surface area contributed by atoms with Crippen molar-refractivity contribution >= 4 is 6.21 Å². The molecule has 4 heteroatoms. The van der Waals surface area contributed by atoms with Gasteiger partial charge in [-0.05, 0) is 38.8 Å². The third kappa shape index (κ3) is 3.47. The van der Waals surface area contributed by atoms with Crippen LogP contribution in [-0.2, 0) is 0 Å². The fraction of sp³-hybridized carbons (Fsp3) is 0.526. The Hall–Kier alpha value is -1.68. The summed E-state index contributed by atoms with van der Waals surface area (Å²) in [5, 5.41) is 8.45. The van der Waals surface area contributed by atoms with E-state index < -0.39 is 0 Å². The predicted molar refractivity (Wildman–Crippen MR) is 92.2 cm³/mol. The van der Waals surface area contributed by atoms with E-state index in [0.717, 1.165) is 17.8 Å². The van der Waals surface area contributed by atoms with Gasteiger partial charge >= 0.3 is 0 Å². The maximum atomic E-state index is 13.2. The summed E-state index contributed by atoms with van der Waals surface area (Å²) < 4.78 is 13.7. The number of nitrogens with one attached hydrogen (secondary N) is 1. The normalized spacial score (nSPS) is 26.1. The quantitative estimate of drug-likeness (QED) is 0.795. The van der Waals surface area contributed by atoms with E-state index in [9.17, 15) is 4.39 Å². The fourth-order valence-corrected chi connectivity index (χ4v) is 3.69. The van der Waals surface area contributed by atoms with Crippen LogP contribution in [0.25, 0.3) is 0 Å². The molecule has 3 nitrogen and oxygen atoms in total. The van der Waals surface area contributed by atoms with Gasteiger partial charge in [-0.25, -0.2) is 4.39 Å². The zero-order valence-electron chi connectivity index (χ0n) is 14.1. The molecule has 0 amide bonds. The molecule has 0 saturated heterocycles. The van der Waals surface area contributed by atoms with E-state index in [1.54, 1.807) is 0 Å². The molecule has 124 valence electrons. The minimum atomic E-state index is -0.191. The van der Waals surface area contributed by atoms with Gasteiger partial charge in [-0.3, -0.25) is 0 Å². The lowest BCUT2D eigenvalue weighted by molar-refractivity contribution is -0.911. The molecule has 23 heavy (non-hydrogen) atoms. The lowest BCUT2D eigenvalue weighted by Crippen LogP contribution is -2.38. The summed E-state index contributed by atoms with van der Waals surface area (Å²) in [6, 6.07) is 7.55. The van der Waals surface area contributed by atoms with E-state index in [2.05, 4.69) is 25.4 Å². The number of hydrogen-bond donors (Lipinski definition) is 1. The Morgan fingerprint density at radius 1 is 1.22 bits per heavy atom. The highest BCUT2D eigenvalue weighted by Gasteiger charge is 2.36. The van der Waals surface area contributed by atoms with Crippen molar-refractivity contribution in [2.24, 2.45) is 5.10 Å². The van der Waals surface area contributed by atoms with E-state index in [0.29, 0.717) is 10.6 Å². The van der Waals surface area contributed by atoms with Crippen molar-refractivity contribution < 1.29 is 8.98 Å². The molecule has 0 bridgehead atoms. The molecule has 1 aromatic carbocycles. The van der Waals surface area contributed by atoms with Gasteiger partial charge in [0.1, 0.15) is 36.5 Å². The molecule has 1 heterocycles. The van der Waals surface area contributed by atoms with Crippen molar-refractivity contribution in [1.82, 2.24) is 5.32 Å². The van der Waals surface area contributed by atoms with Gasteiger partial charge in [-0.15, -0.1) is 0 Å². The average molecular weight is 316 g/mol. The van der Waals surface area contributed by atoms with Gasteiger partial charge in [0.2, 0.25) is 0 Å². The first-order valence-electron chi connectivity index (χ1n) is 8.81. The van der Waals surface area contributed by atoms with E-state index in [-0.39, 0.29) is 11.9 Å². The van der Waals surface area contributed by atoms with Gasteiger partial charge in [0.05, 0.1) is 0 Å². The standard InChI is InChI=1S/C19H27FN3/c1-3-23(15(2)16-9-11-17(20)12-10-16)14-19(13-21-23)22-18-7-5-4-6-8-18/h9-15,18,22H,3-8H2,1-2H3/q+1. The molecule has 0 aromatic heterocycles. The first-order valence-corrected chi connectivity index (χ1v) is 8.81. The molecule has 1 N–H and O–H groups in total. The minimum Gasteiger partial charge on any atom is -0.377 e. The van der Waals surface area contributed by atoms with Gasteiger partial charge in [0, 0.05) is 11.6 Å². The Balaban J connectivity index is 1.75. The van der Waals surface area contributed by atoms with Crippen molar-refractivity contribution in [3.8, 4) is 0 Å². The maximum absolute atomic E-state index is 13.2. The summed E-state index contributed by atoms with van der Waals surface area (Å²) in [6.07, 6.45) is 10.7. The Morgan fingerprint density at radius 3 is 2.57 bits per heavy atom. The van der Waals surface area contributed by atoms with Crippen molar-refractivity contribution in [3.05, 3.63) is 47.5 Å². The van der Waals surface area contributed by atoms with Crippen LogP contribution < -0.4 is 5.32 Å². The van der Waals surface area contributed by atoms with Crippen LogP contribution in [0.2, 0.25) is 0 Å². The zero-order valence-corrected chi connectivity index (χ0v) is 14.1. The minimum absolute atomic E-state index is 0.169. The van der Waals surface area contributed by atoms with E-state index in [4.69, 9.17) is 5.10 Å². The highest BCUT2D eigenvalue weighted by atomic mass is 19.1. The smallest absolute Gasteiger partial charge is 0.148 e. The number of allylic oxidation sites excluding steroid dienone is 1. The molecule has 0 spiro atoms. The molecule has 1 aromatic rings. The Kier molecular flexibility index (Phi) is 4.81. The largest absolute Gasteiger partial charge is 0.377 e. The number of benzene rings is 1. The summed E-state index contributed by atoms with van der Waals surface area (Å²) in [4.78, 5) is 0. The number of hydrogen-bond acceptors (Lipinski definition) is 2. The van der Waals surface area contributed by atoms with E-state index in [1.807, 2.05) is 18.3 Å². The van der Waals surface area contributed by atoms with Gasteiger partial charge in [-0.1, -0.05) is 36.5 Å². The number of nitrogens with zero attached hydrogens (tertiary/aromatic N) is 2.